The first-order valence-corrected chi connectivity index (χ1v) is 9.10. The predicted molar refractivity (Wildman–Crippen MR) is 108 cm³/mol. The molecule has 1 amide bonds. The summed E-state index contributed by atoms with van der Waals surface area (Å²) in [6.45, 7) is 2.92. The maximum Gasteiger partial charge on any atom is 0.217 e. The van der Waals surface area contributed by atoms with Crippen molar-refractivity contribution < 1.29 is 4.79 Å². The van der Waals surface area contributed by atoms with Gasteiger partial charge in [0.15, 0.2) is 5.82 Å². The summed E-state index contributed by atoms with van der Waals surface area (Å²) in [6.07, 6.45) is 8.66. The third-order valence-electron chi connectivity index (χ3n) is 4.16. The van der Waals surface area contributed by atoms with E-state index in [2.05, 4.69) is 26.8 Å². The standard InChI is InChI=1S/C19H28N6O/c1-3-4-11-23-17-18(25(2)13-7-5-6-10-15(20)26)16-14(24-19(17)21)9-8-12-22-16/h8-9,11-12H,3-7,10,13H2,1-2H3,(H2,20,26)(H2,21,24). The lowest BCUT2D eigenvalue weighted by molar-refractivity contribution is -0.118. The second-order valence-electron chi connectivity index (χ2n) is 6.36. The molecular weight excluding hydrogens is 328 g/mol. The highest BCUT2D eigenvalue weighted by molar-refractivity contribution is 5.99. The van der Waals surface area contributed by atoms with Gasteiger partial charge in [-0.1, -0.05) is 19.8 Å². The summed E-state index contributed by atoms with van der Waals surface area (Å²) in [5, 5.41) is 0. The van der Waals surface area contributed by atoms with Gasteiger partial charge in [0.2, 0.25) is 5.91 Å². The van der Waals surface area contributed by atoms with Crippen LogP contribution in [0.3, 0.4) is 0 Å². The number of hydrogen-bond donors (Lipinski definition) is 2. The Labute approximate surface area is 154 Å². The molecule has 0 spiro atoms. The second-order valence-corrected chi connectivity index (χ2v) is 6.36. The van der Waals surface area contributed by atoms with Crippen molar-refractivity contribution in [3.63, 3.8) is 0 Å². The Morgan fingerprint density at radius 3 is 2.88 bits per heavy atom. The molecule has 26 heavy (non-hydrogen) atoms. The lowest BCUT2D eigenvalue weighted by atomic mass is 10.1. The number of fused-ring (bicyclic) bond motifs is 1. The van der Waals surface area contributed by atoms with Crippen LogP contribution in [0.25, 0.3) is 11.0 Å². The van der Waals surface area contributed by atoms with Crippen molar-refractivity contribution in [2.45, 2.75) is 45.4 Å². The molecule has 0 radical (unpaired) electrons. The number of nitrogens with two attached hydrogens (primary N) is 2. The molecule has 4 N–H and O–H groups in total. The van der Waals surface area contributed by atoms with Crippen LogP contribution in [0.15, 0.2) is 23.3 Å². The zero-order valence-corrected chi connectivity index (χ0v) is 15.6. The lowest BCUT2D eigenvalue weighted by Crippen LogP contribution is -2.20. The molecule has 0 saturated carbocycles. The Balaban J connectivity index is 2.26. The first-order chi connectivity index (χ1) is 12.5. The fraction of sp³-hybridized carbons (Fsp3) is 0.474. The summed E-state index contributed by atoms with van der Waals surface area (Å²) in [5.74, 6) is 0.163. The maximum absolute atomic E-state index is 10.8. The van der Waals surface area contributed by atoms with E-state index in [1.807, 2.05) is 25.4 Å². The number of hydrogen-bond acceptors (Lipinski definition) is 6. The van der Waals surface area contributed by atoms with Crippen LogP contribution in [0.1, 0.15) is 45.4 Å². The highest BCUT2D eigenvalue weighted by atomic mass is 16.1. The number of pyridine rings is 2. The van der Waals surface area contributed by atoms with Crippen LogP contribution in [0.4, 0.5) is 17.2 Å². The van der Waals surface area contributed by atoms with Gasteiger partial charge in [0.05, 0.1) is 11.2 Å². The predicted octanol–water partition coefficient (Wildman–Crippen LogP) is 3.20. The smallest absolute Gasteiger partial charge is 0.217 e. The molecule has 0 atom stereocenters. The van der Waals surface area contributed by atoms with Gasteiger partial charge in [-0.15, -0.1) is 0 Å². The fourth-order valence-electron chi connectivity index (χ4n) is 2.80. The third kappa shape index (κ3) is 5.15. The molecule has 0 aliphatic rings. The number of nitrogens with zero attached hydrogens (tertiary/aromatic N) is 4. The van der Waals surface area contributed by atoms with Gasteiger partial charge < -0.3 is 16.4 Å². The average molecular weight is 356 g/mol. The normalized spacial score (nSPS) is 11.3. The number of amides is 1. The molecule has 7 heteroatoms. The Kier molecular flexibility index (Phi) is 7.32. The number of carbonyl (C=O) groups is 1. The Morgan fingerprint density at radius 1 is 1.35 bits per heavy atom. The van der Waals surface area contributed by atoms with Crippen LogP contribution in [-0.4, -0.2) is 35.7 Å². The van der Waals surface area contributed by atoms with Gasteiger partial charge >= 0.3 is 0 Å². The number of aromatic nitrogens is 2. The summed E-state index contributed by atoms with van der Waals surface area (Å²) >= 11 is 0. The molecule has 0 aromatic carbocycles. The first-order valence-electron chi connectivity index (χ1n) is 9.10. The van der Waals surface area contributed by atoms with Gasteiger partial charge in [-0.05, 0) is 31.4 Å². The van der Waals surface area contributed by atoms with Crippen LogP contribution in [-0.2, 0) is 4.79 Å². The summed E-state index contributed by atoms with van der Waals surface area (Å²) in [5.41, 5.74) is 14.5. The Bertz CT molecular complexity index is 774. The molecule has 2 rings (SSSR count). The van der Waals surface area contributed by atoms with E-state index in [1.54, 1.807) is 6.20 Å². The maximum atomic E-state index is 10.8. The summed E-state index contributed by atoms with van der Waals surface area (Å²) in [6, 6.07) is 3.75. The Hall–Kier alpha value is -2.70. The topological polar surface area (TPSA) is 110 Å². The van der Waals surface area contributed by atoms with Crippen molar-refractivity contribution in [1.82, 2.24) is 9.97 Å². The second kappa shape index (κ2) is 9.70. The van der Waals surface area contributed by atoms with Crippen molar-refractivity contribution in [2.75, 3.05) is 24.2 Å². The molecule has 7 nitrogen and oxygen atoms in total. The van der Waals surface area contributed by atoms with Crippen LogP contribution in [0, 0.1) is 0 Å². The van der Waals surface area contributed by atoms with E-state index in [0.717, 1.165) is 55.4 Å². The van der Waals surface area contributed by atoms with Crippen LogP contribution >= 0.6 is 0 Å². The monoisotopic (exact) mass is 356 g/mol. The van der Waals surface area contributed by atoms with E-state index < -0.39 is 0 Å². The Morgan fingerprint density at radius 2 is 2.15 bits per heavy atom. The van der Waals surface area contributed by atoms with E-state index in [0.29, 0.717) is 17.9 Å². The molecule has 140 valence electrons. The molecule has 2 aromatic rings. The molecule has 0 aliphatic carbocycles. The largest absolute Gasteiger partial charge is 0.382 e. The minimum absolute atomic E-state index is 0.247. The highest BCUT2D eigenvalue weighted by Crippen LogP contribution is 2.38. The number of primary amides is 1. The van der Waals surface area contributed by atoms with Gasteiger partial charge in [-0.25, -0.2) is 4.98 Å². The summed E-state index contributed by atoms with van der Waals surface area (Å²) in [4.78, 5) is 26.5. The zero-order valence-electron chi connectivity index (χ0n) is 15.6. The van der Waals surface area contributed by atoms with Crippen molar-refractivity contribution in [3.8, 4) is 0 Å². The average Bonchev–Trinajstić information content (AvgIpc) is 2.61. The van der Waals surface area contributed by atoms with Crippen LogP contribution in [0.2, 0.25) is 0 Å². The van der Waals surface area contributed by atoms with E-state index >= 15 is 0 Å². The van der Waals surface area contributed by atoms with Gasteiger partial charge in [0.25, 0.3) is 0 Å². The number of anilines is 2. The van der Waals surface area contributed by atoms with Crippen molar-refractivity contribution in [2.24, 2.45) is 10.7 Å². The number of nitrogen functional groups attached to an aromatic ring is 1. The van der Waals surface area contributed by atoms with E-state index in [1.165, 1.54) is 0 Å². The molecule has 2 heterocycles. The number of aliphatic imine (C=N–C) groups is 1. The van der Waals surface area contributed by atoms with Gasteiger partial charge in [-0.3, -0.25) is 14.8 Å². The van der Waals surface area contributed by atoms with Crippen LogP contribution < -0.4 is 16.4 Å². The molecule has 2 aromatic heterocycles. The third-order valence-corrected chi connectivity index (χ3v) is 4.16. The number of unbranched alkanes of at least 4 members (excludes halogenated alkanes) is 3. The fourth-order valence-corrected chi connectivity index (χ4v) is 2.80. The van der Waals surface area contributed by atoms with Crippen molar-refractivity contribution in [1.29, 1.82) is 0 Å². The number of rotatable bonds is 10. The van der Waals surface area contributed by atoms with E-state index in [4.69, 9.17) is 11.5 Å². The van der Waals surface area contributed by atoms with Crippen molar-refractivity contribution >= 4 is 40.3 Å². The minimum atomic E-state index is -0.247. The molecule has 0 saturated heterocycles. The molecular formula is C19H28N6O. The minimum Gasteiger partial charge on any atom is -0.382 e. The highest BCUT2D eigenvalue weighted by Gasteiger charge is 2.17. The van der Waals surface area contributed by atoms with Gasteiger partial charge in [-0.2, -0.15) is 0 Å². The first kappa shape index (κ1) is 19.6. The molecule has 0 fully saturated rings. The van der Waals surface area contributed by atoms with Crippen molar-refractivity contribution in [3.05, 3.63) is 18.3 Å². The number of carbonyl (C=O) groups excluding carboxylic acids is 1. The van der Waals surface area contributed by atoms with Gasteiger partial charge in [0, 0.05) is 32.4 Å². The van der Waals surface area contributed by atoms with E-state index in [-0.39, 0.29) is 5.91 Å². The quantitative estimate of drug-likeness (QED) is 0.502. The molecule has 0 unspecified atom stereocenters. The molecule has 0 bridgehead atoms. The van der Waals surface area contributed by atoms with Gasteiger partial charge in [0.1, 0.15) is 11.2 Å². The SMILES string of the molecule is CCCC=Nc1c(N)nc2cccnc2c1N(C)CCCCCC(N)=O. The molecule has 0 aliphatic heterocycles. The summed E-state index contributed by atoms with van der Waals surface area (Å²) < 4.78 is 0. The van der Waals surface area contributed by atoms with E-state index in [9.17, 15) is 4.79 Å². The summed E-state index contributed by atoms with van der Waals surface area (Å²) in [7, 11) is 2.01. The van der Waals surface area contributed by atoms with Crippen LogP contribution in [0.5, 0.6) is 0 Å². The zero-order chi connectivity index (χ0) is 18.9. The lowest BCUT2D eigenvalue weighted by Gasteiger charge is -2.23.